The number of amides is 1. The Kier molecular flexibility index (Phi) is 6.12. The Bertz CT molecular complexity index is 711. The molecule has 2 rings (SSSR count). The number of aliphatic carboxylic acids is 1. The molecule has 128 valence electrons. The van der Waals surface area contributed by atoms with Crippen molar-refractivity contribution in [3.63, 3.8) is 0 Å². The molecule has 0 aliphatic rings. The minimum Gasteiger partial charge on any atom is -0.481 e. The number of rotatable bonds is 8. The summed E-state index contributed by atoms with van der Waals surface area (Å²) >= 11 is 0. The van der Waals surface area contributed by atoms with Crippen LogP contribution in [0, 0.1) is 5.82 Å². The highest BCUT2D eigenvalue weighted by Crippen LogP contribution is 2.25. The van der Waals surface area contributed by atoms with Gasteiger partial charge in [0, 0.05) is 25.9 Å². The van der Waals surface area contributed by atoms with Crippen molar-refractivity contribution < 1.29 is 23.5 Å². The average Bonchev–Trinajstić information content (AvgIpc) is 3.02. The number of nitrogens with zero attached hydrogens (tertiary/aromatic N) is 1. The molecule has 0 fully saturated rings. The summed E-state index contributed by atoms with van der Waals surface area (Å²) in [5, 5.41) is 8.70. The molecular weight excluding hydrogens is 313 g/mol. The molecule has 1 aromatic heterocycles. The van der Waals surface area contributed by atoms with E-state index in [0.29, 0.717) is 30.0 Å². The van der Waals surface area contributed by atoms with Crippen molar-refractivity contribution in [1.82, 2.24) is 4.90 Å². The van der Waals surface area contributed by atoms with E-state index in [2.05, 4.69) is 0 Å². The van der Waals surface area contributed by atoms with Crippen molar-refractivity contribution in [2.24, 2.45) is 0 Å². The van der Waals surface area contributed by atoms with Crippen LogP contribution >= 0.6 is 0 Å². The first-order chi connectivity index (χ1) is 11.5. The van der Waals surface area contributed by atoms with Gasteiger partial charge in [-0.2, -0.15) is 0 Å². The molecule has 5 nitrogen and oxygen atoms in total. The van der Waals surface area contributed by atoms with E-state index in [-0.39, 0.29) is 31.1 Å². The molecule has 0 atom stereocenters. The number of aryl methyl sites for hydroxylation is 1. The van der Waals surface area contributed by atoms with Gasteiger partial charge >= 0.3 is 5.97 Å². The monoisotopic (exact) mass is 333 g/mol. The lowest BCUT2D eigenvalue weighted by molar-refractivity contribution is -0.138. The fourth-order valence-corrected chi connectivity index (χ4v) is 2.40. The summed E-state index contributed by atoms with van der Waals surface area (Å²) in [6.07, 6.45) is 0.534. The lowest BCUT2D eigenvalue weighted by Crippen LogP contribution is -2.32. The van der Waals surface area contributed by atoms with Gasteiger partial charge in [-0.1, -0.05) is 12.1 Å². The van der Waals surface area contributed by atoms with Crippen LogP contribution in [-0.2, 0) is 16.0 Å². The van der Waals surface area contributed by atoms with Crippen LogP contribution in [0.4, 0.5) is 4.39 Å². The molecule has 2 aromatic rings. The van der Waals surface area contributed by atoms with E-state index >= 15 is 0 Å². The highest BCUT2D eigenvalue weighted by atomic mass is 19.1. The molecule has 0 bridgehead atoms. The normalized spacial score (nSPS) is 10.6. The summed E-state index contributed by atoms with van der Waals surface area (Å²) in [5.74, 6) is -0.394. The van der Waals surface area contributed by atoms with Crippen molar-refractivity contribution in [3.8, 4) is 11.3 Å². The summed E-state index contributed by atoms with van der Waals surface area (Å²) in [7, 11) is 0. The van der Waals surface area contributed by atoms with Gasteiger partial charge in [-0.25, -0.2) is 4.39 Å². The Morgan fingerprint density at radius 3 is 2.58 bits per heavy atom. The van der Waals surface area contributed by atoms with Gasteiger partial charge in [-0.3, -0.25) is 9.59 Å². The van der Waals surface area contributed by atoms with Crippen LogP contribution in [0.5, 0.6) is 0 Å². The number of hydrogen-bond acceptors (Lipinski definition) is 3. The maximum Gasteiger partial charge on any atom is 0.305 e. The molecular formula is C18H20FNO4. The van der Waals surface area contributed by atoms with Gasteiger partial charge in [0.1, 0.15) is 17.3 Å². The molecule has 1 N–H and O–H groups in total. The number of furan rings is 1. The van der Waals surface area contributed by atoms with Crippen LogP contribution in [-0.4, -0.2) is 35.0 Å². The summed E-state index contributed by atoms with van der Waals surface area (Å²) in [5.41, 5.74) is 0.381. The Morgan fingerprint density at radius 2 is 1.92 bits per heavy atom. The first-order valence-corrected chi connectivity index (χ1v) is 7.84. The predicted octanol–water partition coefficient (Wildman–Crippen LogP) is 3.34. The lowest BCUT2D eigenvalue weighted by Gasteiger charge is -2.19. The van der Waals surface area contributed by atoms with Gasteiger partial charge in [0.05, 0.1) is 12.0 Å². The molecule has 0 radical (unpaired) electrons. The fraction of sp³-hybridized carbons (Fsp3) is 0.333. The average molecular weight is 333 g/mol. The zero-order valence-electron chi connectivity index (χ0n) is 13.5. The van der Waals surface area contributed by atoms with E-state index < -0.39 is 5.97 Å². The number of hydrogen-bond donors (Lipinski definition) is 1. The second kappa shape index (κ2) is 8.29. The number of carboxylic acid groups (broad SMARTS) is 1. The van der Waals surface area contributed by atoms with E-state index in [9.17, 15) is 14.0 Å². The Balaban J connectivity index is 1.94. The van der Waals surface area contributed by atoms with Gasteiger partial charge in [0.25, 0.3) is 0 Å². The summed E-state index contributed by atoms with van der Waals surface area (Å²) < 4.78 is 19.3. The largest absolute Gasteiger partial charge is 0.481 e. The van der Waals surface area contributed by atoms with Crippen LogP contribution in [0.1, 0.15) is 25.5 Å². The van der Waals surface area contributed by atoms with Crippen LogP contribution < -0.4 is 0 Å². The number of carbonyl (C=O) groups is 2. The van der Waals surface area contributed by atoms with Crippen LogP contribution in [0.25, 0.3) is 11.3 Å². The van der Waals surface area contributed by atoms with E-state index in [1.165, 1.54) is 11.0 Å². The third kappa shape index (κ3) is 4.68. The maximum atomic E-state index is 13.7. The smallest absolute Gasteiger partial charge is 0.305 e. The Hall–Kier alpha value is -2.63. The molecule has 0 aliphatic heterocycles. The lowest BCUT2D eigenvalue weighted by atomic mass is 10.1. The van der Waals surface area contributed by atoms with E-state index in [4.69, 9.17) is 9.52 Å². The highest BCUT2D eigenvalue weighted by Gasteiger charge is 2.15. The van der Waals surface area contributed by atoms with E-state index in [1.54, 1.807) is 30.3 Å². The first kappa shape index (κ1) is 17.7. The fourth-order valence-electron chi connectivity index (χ4n) is 2.40. The quantitative estimate of drug-likeness (QED) is 0.804. The first-order valence-electron chi connectivity index (χ1n) is 7.84. The standard InChI is InChI=1S/C18H20FNO4/c1-2-20(12-11-18(22)23)17(21)10-8-13-7-9-16(24-13)14-5-3-4-6-15(14)19/h3-7,9H,2,8,10-12H2,1H3,(H,22,23). The van der Waals surface area contributed by atoms with Crippen molar-refractivity contribution in [3.05, 3.63) is 48.0 Å². The number of carboxylic acids is 1. The summed E-state index contributed by atoms with van der Waals surface area (Å²) in [6, 6.07) is 9.74. The highest BCUT2D eigenvalue weighted by molar-refractivity contribution is 5.77. The van der Waals surface area contributed by atoms with Crippen molar-refractivity contribution in [1.29, 1.82) is 0 Å². The number of halogens is 1. The third-order valence-electron chi connectivity index (χ3n) is 3.72. The van der Waals surface area contributed by atoms with Crippen LogP contribution in [0.2, 0.25) is 0 Å². The van der Waals surface area contributed by atoms with Crippen LogP contribution in [0.15, 0.2) is 40.8 Å². The molecule has 0 aliphatic carbocycles. The zero-order valence-corrected chi connectivity index (χ0v) is 13.5. The molecule has 0 saturated heterocycles. The molecule has 1 aromatic carbocycles. The number of benzene rings is 1. The summed E-state index contributed by atoms with van der Waals surface area (Å²) in [4.78, 5) is 24.2. The number of carbonyl (C=O) groups excluding carboxylic acids is 1. The Labute approximate surface area is 139 Å². The topological polar surface area (TPSA) is 70.8 Å². The van der Waals surface area contributed by atoms with Crippen molar-refractivity contribution in [2.75, 3.05) is 13.1 Å². The van der Waals surface area contributed by atoms with E-state index in [0.717, 1.165) is 0 Å². The molecule has 6 heteroatoms. The molecule has 0 spiro atoms. The molecule has 1 amide bonds. The van der Waals surface area contributed by atoms with Gasteiger partial charge in [-0.05, 0) is 31.2 Å². The molecule has 1 heterocycles. The second-order valence-electron chi connectivity index (χ2n) is 5.36. The second-order valence-corrected chi connectivity index (χ2v) is 5.36. The van der Waals surface area contributed by atoms with E-state index in [1.807, 2.05) is 6.92 Å². The minimum atomic E-state index is -0.929. The SMILES string of the molecule is CCN(CCC(=O)O)C(=O)CCc1ccc(-c2ccccc2F)o1. The van der Waals surface area contributed by atoms with Gasteiger partial charge in [-0.15, -0.1) is 0 Å². The van der Waals surface area contributed by atoms with Gasteiger partial charge < -0.3 is 14.4 Å². The molecule has 24 heavy (non-hydrogen) atoms. The molecule has 0 unspecified atom stereocenters. The minimum absolute atomic E-state index is 0.0717. The van der Waals surface area contributed by atoms with Gasteiger partial charge in [0.2, 0.25) is 5.91 Å². The van der Waals surface area contributed by atoms with Crippen molar-refractivity contribution in [2.45, 2.75) is 26.2 Å². The Morgan fingerprint density at radius 1 is 1.17 bits per heavy atom. The van der Waals surface area contributed by atoms with Crippen molar-refractivity contribution >= 4 is 11.9 Å². The van der Waals surface area contributed by atoms with Gasteiger partial charge in [0.15, 0.2) is 0 Å². The summed E-state index contributed by atoms with van der Waals surface area (Å²) in [6.45, 7) is 2.47. The predicted molar refractivity (Wildman–Crippen MR) is 86.9 cm³/mol. The molecule has 0 saturated carbocycles. The zero-order chi connectivity index (χ0) is 17.5. The van der Waals surface area contributed by atoms with Crippen LogP contribution in [0.3, 0.4) is 0 Å². The maximum absolute atomic E-state index is 13.7. The third-order valence-corrected chi connectivity index (χ3v) is 3.72.